The number of hydrogen-bond donors (Lipinski definition) is 1. The molecule has 16 heavy (non-hydrogen) atoms. The highest BCUT2D eigenvalue weighted by molar-refractivity contribution is 5.06. The van der Waals surface area contributed by atoms with E-state index >= 15 is 0 Å². The lowest BCUT2D eigenvalue weighted by Gasteiger charge is -2.36. The van der Waals surface area contributed by atoms with Crippen LogP contribution < -0.4 is 0 Å². The zero-order valence-corrected chi connectivity index (χ0v) is 9.71. The van der Waals surface area contributed by atoms with Gasteiger partial charge in [0.2, 0.25) is 0 Å². The summed E-state index contributed by atoms with van der Waals surface area (Å²) in [5.74, 6) is 0. The van der Waals surface area contributed by atoms with E-state index in [4.69, 9.17) is 0 Å². The van der Waals surface area contributed by atoms with Gasteiger partial charge in [0.25, 0.3) is 0 Å². The smallest absolute Gasteiger partial charge is 0.0570 e. The Labute approximate surface area is 95.9 Å². The molecular formula is C12H19N3O. The third kappa shape index (κ3) is 1.76. The molecule has 2 atom stereocenters. The van der Waals surface area contributed by atoms with Crippen molar-refractivity contribution >= 4 is 0 Å². The molecule has 0 radical (unpaired) electrons. The van der Waals surface area contributed by atoms with Crippen LogP contribution in [0.4, 0.5) is 0 Å². The van der Waals surface area contributed by atoms with Gasteiger partial charge < -0.3 is 5.11 Å². The Hall–Kier alpha value is -0.870. The van der Waals surface area contributed by atoms with Crippen LogP contribution in [-0.2, 0) is 13.6 Å². The van der Waals surface area contributed by atoms with E-state index in [1.54, 1.807) is 0 Å². The highest BCUT2D eigenvalue weighted by atomic mass is 16.3. The van der Waals surface area contributed by atoms with Crippen LogP contribution in [0.25, 0.3) is 0 Å². The molecule has 2 unspecified atom stereocenters. The SMILES string of the molecule is Cn1cc(CN2C3CCC2CC(O)C3)cn1. The summed E-state index contributed by atoms with van der Waals surface area (Å²) in [7, 11) is 1.96. The maximum Gasteiger partial charge on any atom is 0.0570 e. The number of aliphatic hydroxyl groups excluding tert-OH is 1. The summed E-state index contributed by atoms with van der Waals surface area (Å²) in [5.41, 5.74) is 1.29. The van der Waals surface area contributed by atoms with Crippen LogP contribution in [0.3, 0.4) is 0 Å². The summed E-state index contributed by atoms with van der Waals surface area (Å²) in [5, 5.41) is 13.9. The number of aliphatic hydroxyl groups is 1. The molecule has 2 aliphatic rings. The molecule has 3 rings (SSSR count). The van der Waals surface area contributed by atoms with Crippen LogP contribution in [0.5, 0.6) is 0 Å². The number of hydrogen-bond acceptors (Lipinski definition) is 3. The highest BCUT2D eigenvalue weighted by Gasteiger charge is 2.39. The van der Waals surface area contributed by atoms with E-state index in [9.17, 15) is 5.11 Å². The minimum absolute atomic E-state index is 0.0670. The fraction of sp³-hybridized carbons (Fsp3) is 0.750. The third-order valence-corrected chi connectivity index (χ3v) is 3.98. The summed E-state index contributed by atoms with van der Waals surface area (Å²) >= 11 is 0. The summed E-state index contributed by atoms with van der Waals surface area (Å²) < 4.78 is 1.86. The quantitative estimate of drug-likeness (QED) is 0.807. The summed E-state index contributed by atoms with van der Waals surface area (Å²) in [4.78, 5) is 2.56. The van der Waals surface area contributed by atoms with E-state index in [1.807, 2.05) is 17.9 Å². The molecule has 1 N–H and O–H groups in total. The molecule has 1 aromatic rings. The first-order chi connectivity index (χ1) is 7.72. The molecular weight excluding hydrogens is 202 g/mol. The van der Waals surface area contributed by atoms with Crippen LogP contribution in [0.15, 0.2) is 12.4 Å². The van der Waals surface area contributed by atoms with Crippen LogP contribution in [0.2, 0.25) is 0 Å². The Morgan fingerprint density at radius 3 is 2.62 bits per heavy atom. The van der Waals surface area contributed by atoms with Crippen molar-refractivity contribution in [1.82, 2.24) is 14.7 Å². The van der Waals surface area contributed by atoms with E-state index < -0.39 is 0 Å². The number of fused-ring (bicyclic) bond motifs is 2. The number of rotatable bonds is 2. The third-order valence-electron chi connectivity index (χ3n) is 3.98. The molecule has 0 aliphatic carbocycles. The molecule has 2 bridgehead atoms. The van der Waals surface area contributed by atoms with Gasteiger partial charge in [-0.3, -0.25) is 9.58 Å². The van der Waals surface area contributed by atoms with Crippen molar-refractivity contribution in [3.05, 3.63) is 18.0 Å². The Morgan fingerprint density at radius 1 is 1.38 bits per heavy atom. The predicted octanol–water partition coefficient (Wildman–Crippen LogP) is 0.908. The van der Waals surface area contributed by atoms with Crippen molar-refractivity contribution in [3.63, 3.8) is 0 Å². The van der Waals surface area contributed by atoms with Gasteiger partial charge in [0, 0.05) is 37.4 Å². The van der Waals surface area contributed by atoms with Gasteiger partial charge >= 0.3 is 0 Å². The summed E-state index contributed by atoms with van der Waals surface area (Å²) in [6, 6.07) is 1.18. The molecule has 3 heterocycles. The molecule has 0 saturated carbocycles. The lowest BCUT2D eigenvalue weighted by Crippen LogP contribution is -2.43. The maximum absolute atomic E-state index is 9.73. The molecule has 2 aliphatic heterocycles. The average Bonchev–Trinajstić information content (AvgIpc) is 2.72. The van der Waals surface area contributed by atoms with Crippen molar-refractivity contribution in [2.75, 3.05) is 0 Å². The first-order valence-electron chi connectivity index (χ1n) is 6.13. The van der Waals surface area contributed by atoms with Gasteiger partial charge in [-0.2, -0.15) is 5.10 Å². The minimum Gasteiger partial charge on any atom is -0.393 e. The molecule has 0 amide bonds. The molecule has 88 valence electrons. The van der Waals surface area contributed by atoms with Crippen LogP contribution in [0.1, 0.15) is 31.2 Å². The Kier molecular flexibility index (Phi) is 2.48. The second-order valence-electron chi connectivity index (χ2n) is 5.20. The van der Waals surface area contributed by atoms with Gasteiger partial charge in [0.1, 0.15) is 0 Å². The predicted molar refractivity (Wildman–Crippen MR) is 60.8 cm³/mol. The molecule has 2 saturated heterocycles. The highest BCUT2D eigenvalue weighted by Crippen LogP contribution is 2.36. The van der Waals surface area contributed by atoms with Crippen LogP contribution >= 0.6 is 0 Å². The van der Waals surface area contributed by atoms with E-state index in [-0.39, 0.29) is 6.10 Å². The Morgan fingerprint density at radius 2 is 2.06 bits per heavy atom. The fourth-order valence-electron chi connectivity index (χ4n) is 3.27. The van der Waals surface area contributed by atoms with E-state index in [1.165, 1.54) is 18.4 Å². The largest absolute Gasteiger partial charge is 0.393 e. The molecule has 4 nitrogen and oxygen atoms in total. The second-order valence-corrected chi connectivity index (χ2v) is 5.20. The molecule has 0 spiro atoms. The van der Waals surface area contributed by atoms with E-state index in [2.05, 4.69) is 16.2 Å². The topological polar surface area (TPSA) is 41.3 Å². The van der Waals surface area contributed by atoms with Gasteiger partial charge in [-0.1, -0.05) is 0 Å². The van der Waals surface area contributed by atoms with Crippen molar-refractivity contribution in [2.24, 2.45) is 7.05 Å². The standard InChI is InChI=1S/C12H19N3O/c1-14-7-9(6-13-14)8-15-10-2-3-11(15)5-12(16)4-10/h6-7,10-12,16H,2-5,8H2,1H3. The van der Waals surface area contributed by atoms with Gasteiger partial charge in [0.05, 0.1) is 12.3 Å². The zero-order valence-electron chi connectivity index (χ0n) is 9.71. The zero-order chi connectivity index (χ0) is 11.1. The molecule has 2 fully saturated rings. The van der Waals surface area contributed by atoms with E-state index in [0.29, 0.717) is 12.1 Å². The van der Waals surface area contributed by atoms with Crippen LogP contribution in [0, 0.1) is 0 Å². The Bertz CT molecular complexity index is 362. The first kappa shape index (κ1) is 10.3. The summed E-state index contributed by atoms with van der Waals surface area (Å²) in [6.07, 6.45) is 8.38. The molecule has 1 aromatic heterocycles. The van der Waals surface area contributed by atoms with Crippen molar-refractivity contribution < 1.29 is 5.11 Å². The normalized spacial score (nSPS) is 34.5. The lowest BCUT2D eigenvalue weighted by molar-refractivity contribution is 0.0310. The number of aromatic nitrogens is 2. The monoisotopic (exact) mass is 221 g/mol. The number of aryl methyl sites for hydroxylation is 1. The Balaban J connectivity index is 1.72. The molecule has 4 heteroatoms. The van der Waals surface area contributed by atoms with Gasteiger partial charge in [-0.15, -0.1) is 0 Å². The van der Waals surface area contributed by atoms with Crippen molar-refractivity contribution in [2.45, 2.75) is 50.4 Å². The van der Waals surface area contributed by atoms with Gasteiger partial charge in [0.15, 0.2) is 0 Å². The van der Waals surface area contributed by atoms with E-state index in [0.717, 1.165) is 19.4 Å². The fourth-order valence-corrected chi connectivity index (χ4v) is 3.27. The molecule has 0 aromatic carbocycles. The lowest BCUT2D eigenvalue weighted by atomic mass is 9.99. The first-order valence-corrected chi connectivity index (χ1v) is 6.13. The van der Waals surface area contributed by atoms with Gasteiger partial charge in [-0.25, -0.2) is 0 Å². The van der Waals surface area contributed by atoms with Crippen molar-refractivity contribution in [3.8, 4) is 0 Å². The number of nitrogens with zero attached hydrogens (tertiary/aromatic N) is 3. The number of piperidine rings is 1. The summed E-state index contributed by atoms with van der Waals surface area (Å²) in [6.45, 7) is 0.996. The van der Waals surface area contributed by atoms with Crippen molar-refractivity contribution in [1.29, 1.82) is 0 Å². The van der Waals surface area contributed by atoms with Gasteiger partial charge in [-0.05, 0) is 25.7 Å². The second kappa shape index (κ2) is 3.86. The minimum atomic E-state index is -0.0670. The average molecular weight is 221 g/mol. The van der Waals surface area contributed by atoms with Crippen LogP contribution in [-0.4, -0.2) is 38.0 Å². The maximum atomic E-state index is 9.73.